The lowest BCUT2D eigenvalue weighted by atomic mass is 10.3. The summed E-state index contributed by atoms with van der Waals surface area (Å²) in [5.74, 6) is 0.908. The molecule has 0 aromatic carbocycles. The zero-order valence-corrected chi connectivity index (χ0v) is 12.4. The SMILES string of the molecule is O=C1COc2ccc(-n3c(=O)n4n(c3=S)CCCC4)nc2N1. The number of ether oxygens (including phenoxy) is 1. The molecule has 2 aliphatic heterocycles. The topological polar surface area (TPSA) is 83.1 Å². The van der Waals surface area contributed by atoms with Crippen LogP contribution >= 0.6 is 12.2 Å². The third kappa shape index (κ3) is 1.89. The molecule has 1 amide bonds. The number of carbonyl (C=O) groups excluding carboxylic acids is 1. The lowest BCUT2D eigenvalue weighted by Gasteiger charge is -2.17. The number of amides is 1. The molecule has 0 atom stereocenters. The highest BCUT2D eigenvalue weighted by atomic mass is 32.1. The van der Waals surface area contributed by atoms with E-state index in [1.54, 1.807) is 21.5 Å². The fourth-order valence-corrected chi connectivity index (χ4v) is 3.11. The minimum Gasteiger partial charge on any atom is -0.480 e. The van der Waals surface area contributed by atoms with Gasteiger partial charge in [-0.25, -0.2) is 19.0 Å². The molecule has 2 aromatic rings. The van der Waals surface area contributed by atoms with E-state index >= 15 is 0 Å². The van der Waals surface area contributed by atoms with Crippen LogP contribution in [0.2, 0.25) is 0 Å². The maximum absolute atomic E-state index is 12.5. The predicted octanol–water partition coefficient (Wildman–Crippen LogP) is 0.690. The van der Waals surface area contributed by atoms with Crippen molar-refractivity contribution in [2.24, 2.45) is 0 Å². The molecule has 22 heavy (non-hydrogen) atoms. The van der Waals surface area contributed by atoms with Crippen molar-refractivity contribution in [2.45, 2.75) is 25.9 Å². The van der Waals surface area contributed by atoms with Crippen LogP contribution in [0, 0.1) is 4.77 Å². The Balaban J connectivity index is 1.88. The van der Waals surface area contributed by atoms with Gasteiger partial charge in [0, 0.05) is 13.1 Å². The van der Waals surface area contributed by atoms with Crippen LogP contribution in [0.25, 0.3) is 5.82 Å². The summed E-state index contributed by atoms with van der Waals surface area (Å²) in [6.45, 7) is 1.35. The van der Waals surface area contributed by atoms with Gasteiger partial charge in [0.15, 0.2) is 18.2 Å². The number of nitrogens with zero attached hydrogens (tertiary/aromatic N) is 4. The number of carbonyl (C=O) groups is 1. The third-order valence-corrected chi connectivity index (χ3v) is 4.19. The number of hydrogen-bond acceptors (Lipinski definition) is 5. The Morgan fingerprint density at radius 1 is 1.18 bits per heavy atom. The first-order chi connectivity index (χ1) is 10.6. The summed E-state index contributed by atoms with van der Waals surface area (Å²) in [6, 6.07) is 3.35. The number of pyridine rings is 1. The average Bonchev–Trinajstić information content (AvgIpc) is 2.79. The molecule has 0 unspecified atom stereocenters. The fraction of sp³-hybridized carbons (Fsp3) is 0.385. The Morgan fingerprint density at radius 3 is 2.73 bits per heavy atom. The van der Waals surface area contributed by atoms with E-state index in [0.29, 0.717) is 28.7 Å². The van der Waals surface area contributed by atoms with Crippen LogP contribution in [-0.2, 0) is 17.9 Å². The van der Waals surface area contributed by atoms with Gasteiger partial charge >= 0.3 is 5.69 Å². The van der Waals surface area contributed by atoms with Crippen LogP contribution in [0.3, 0.4) is 0 Å². The molecule has 1 N–H and O–H groups in total. The van der Waals surface area contributed by atoms with E-state index in [4.69, 9.17) is 17.0 Å². The Morgan fingerprint density at radius 2 is 1.95 bits per heavy atom. The zero-order valence-electron chi connectivity index (χ0n) is 11.6. The van der Waals surface area contributed by atoms with E-state index in [1.807, 2.05) is 0 Å². The first-order valence-corrected chi connectivity index (χ1v) is 7.43. The van der Waals surface area contributed by atoms with Crippen molar-refractivity contribution < 1.29 is 9.53 Å². The number of rotatable bonds is 1. The van der Waals surface area contributed by atoms with Gasteiger partial charge in [-0.3, -0.25) is 9.48 Å². The van der Waals surface area contributed by atoms with Gasteiger partial charge in [0.05, 0.1) is 0 Å². The second-order valence-electron chi connectivity index (χ2n) is 5.21. The Kier molecular flexibility index (Phi) is 2.89. The van der Waals surface area contributed by atoms with Crippen molar-refractivity contribution in [1.82, 2.24) is 18.9 Å². The van der Waals surface area contributed by atoms with E-state index in [-0.39, 0.29) is 18.2 Å². The van der Waals surface area contributed by atoms with Crippen molar-refractivity contribution in [3.05, 3.63) is 27.4 Å². The summed E-state index contributed by atoms with van der Waals surface area (Å²) < 4.78 is 10.5. The quantitative estimate of drug-likeness (QED) is 0.782. The Bertz CT molecular complexity index is 857. The summed E-state index contributed by atoms with van der Waals surface area (Å²) in [4.78, 5) is 28.3. The molecule has 0 fully saturated rings. The van der Waals surface area contributed by atoms with Crippen LogP contribution in [0.1, 0.15) is 12.8 Å². The number of anilines is 1. The summed E-state index contributed by atoms with van der Waals surface area (Å²) in [6.07, 6.45) is 1.96. The first-order valence-electron chi connectivity index (χ1n) is 7.02. The molecule has 0 spiro atoms. The maximum atomic E-state index is 12.5. The van der Waals surface area contributed by atoms with Crippen molar-refractivity contribution in [3.63, 3.8) is 0 Å². The lowest BCUT2D eigenvalue weighted by Crippen LogP contribution is -2.30. The molecule has 2 aromatic heterocycles. The average molecular weight is 319 g/mol. The number of fused-ring (bicyclic) bond motifs is 2. The minimum atomic E-state index is -0.270. The molecule has 0 saturated heterocycles. The van der Waals surface area contributed by atoms with Crippen molar-refractivity contribution in [2.75, 3.05) is 11.9 Å². The Hall–Kier alpha value is -2.42. The number of aromatic nitrogens is 4. The van der Waals surface area contributed by atoms with Gasteiger partial charge in [0.25, 0.3) is 5.91 Å². The van der Waals surface area contributed by atoms with Crippen molar-refractivity contribution in [1.29, 1.82) is 0 Å². The predicted molar refractivity (Wildman–Crippen MR) is 80.0 cm³/mol. The smallest absolute Gasteiger partial charge is 0.351 e. The van der Waals surface area contributed by atoms with Gasteiger partial charge < -0.3 is 10.1 Å². The van der Waals surface area contributed by atoms with Gasteiger partial charge in [-0.1, -0.05) is 0 Å². The van der Waals surface area contributed by atoms with Crippen LogP contribution in [0.15, 0.2) is 16.9 Å². The van der Waals surface area contributed by atoms with E-state index < -0.39 is 0 Å². The molecule has 4 heterocycles. The molecule has 0 saturated carbocycles. The summed E-state index contributed by atoms with van der Waals surface area (Å²) in [7, 11) is 0. The van der Waals surface area contributed by atoms with Gasteiger partial charge in [-0.2, -0.15) is 0 Å². The third-order valence-electron chi connectivity index (χ3n) is 3.79. The largest absolute Gasteiger partial charge is 0.480 e. The second kappa shape index (κ2) is 4.80. The van der Waals surface area contributed by atoms with Crippen LogP contribution in [0.4, 0.5) is 5.82 Å². The summed E-state index contributed by atoms with van der Waals surface area (Å²) >= 11 is 5.41. The zero-order chi connectivity index (χ0) is 15.3. The van der Waals surface area contributed by atoms with Gasteiger partial charge in [-0.05, 0) is 37.2 Å². The first kappa shape index (κ1) is 13.3. The van der Waals surface area contributed by atoms with Crippen molar-refractivity contribution in [3.8, 4) is 11.6 Å². The normalized spacial score (nSPS) is 16.5. The van der Waals surface area contributed by atoms with Gasteiger partial charge in [0.2, 0.25) is 4.77 Å². The van der Waals surface area contributed by atoms with Gasteiger partial charge in [0.1, 0.15) is 5.82 Å². The highest BCUT2D eigenvalue weighted by Crippen LogP contribution is 2.26. The van der Waals surface area contributed by atoms with E-state index in [2.05, 4.69) is 10.3 Å². The molecule has 8 nitrogen and oxygen atoms in total. The standard InChI is InChI=1S/C13H13N5O3S/c19-10-7-21-8-3-4-9(14-11(8)15-10)18-12(20)16-5-1-2-6-17(16)13(18)22/h3-4H,1-2,5-7H2,(H,14,15,19). The molecule has 0 aliphatic carbocycles. The highest BCUT2D eigenvalue weighted by molar-refractivity contribution is 7.71. The number of hydrogen-bond donors (Lipinski definition) is 1. The summed E-state index contributed by atoms with van der Waals surface area (Å²) in [5, 5.41) is 2.63. The van der Waals surface area contributed by atoms with Gasteiger partial charge in [-0.15, -0.1) is 0 Å². The molecule has 0 radical (unpaired) electrons. The van der Waals surface area contributed by atoms with Crippen LogP contribution < -0.4 is 15.7 Å². The Labute approximate surface area is 129 Å². The molecule has 9 heteroatoms. The monoisotopic (exact) mass is 319 g/mol. The van der Waals surface area contributed by atoms with Crippen LogP contribution in [-0.4, -0.2) is 31.4 Å². The minimum absolute atomic E-state index is 0.0311. The van der Waals surface area contributed by atoms with E-state index in [0.717, 1.165) is 19.4 Å². The molecule has 4 rings (SSSR count). The lowest BCUT2D eigenvalue weighted by molar-refractivity contribution is -0.118. The van der Waals surface area contributed by atoms with E-state index in [9.17, 15) is 9.59 Å². The maximum Gasteiger partial charge on any atom is 0.351 e. The molecular weight excluding hydrogens is 306 g/mol. The van der Waals surface area contributed by atoms with Crippen molar-refractivity contribution >= 4 is 23.9 Å². The molecule has 114 valence electrons. The van der Waals surface area contributed by atoms with Crippen LogP contribution in [0.5, 0.6) is 5.75 Å². The second-order valence-corrected chi connectivity index (χ2v) is 5.57. The molecular formula is C13H13N5O3S. The molecule has 2 aliphatic rings. The number of nitrogens with one attached hydrogen (secondary N) is 1. The summed E-state index contributed by atoms with van der Waals surface area (Å²) in [5.41, 5.74) is -0.208. The molecule has 0 bridgehead atoms. The highest BCUT2D eigenvalue weighted by Gasteiger charge is 2.21. The fourth-order valence-electron chi connectivity index (χ4n) is 2.75. The van der Waals surface area contributed by atoms with E-state index in [1.165, 1.54) is 4.57 Å².